The molecule has 0 saturated heterocycles. The third-order valence-corrected chi connectivity index (χ3v) is 3.59. The van der Waals surface area contributed by atoms with Crippen LogP contribution in [0.15, 0.2) is 33.4 Å². The highest BCUT2D eigenvalue weighted by Crippen LogP contribution is 2.22. The van der Waals surface area contributed by atoms with Crippen LogP contribution in [0.25, 0.3) is 0 Å². The quantitative estimate of drug-likeness (QED) is 0.886. The Kier molecular flexibility index (Phi) is 3.56. The monoisotopic (exact) mass is 303 g/mol. The van der Waals surface area contributed by atoms with Gasteiger partial charge in [-0.3, -0.25) is 0 Å². The molecule has 1 nitrogen and oxygen atoms in total. The predicted octanol–water partition coefficient (Wildman–Crippen LogP) is 4.40. The van der Waals surface area contributed by atoms with Gasteiger partial charge in [-0.25, -0.2) is 8.78 Å². The molecular formula is C11H8BrF2NS. The zero-order valence-corrected chi connectivity index (χ0v) is 10.5. The van der Waals surface area contributed by atoms with E-state index in [1.807, 2.05) is 11.4 Å². The number of rotatable bonds is 3. The zero-order chi connectivity index (χ0) is 11.5. The highest BCUT2D eigenvalue weighted by molar-refractivity contribution is 9.11. The van der Waals surface area contributed by atoms with E-state index in [2.05, 4.69) is 21.2 Å². The van der Waals surface area contributed by atoms with E-state index in [0.29, 0.717) is 12.2 Å². The third kappa shape index (κ3) is 2.80. The first kappa shape index (κ1) is 11.5. The van der Waals surface area contributed by atoms with Gasteiger partial charge in [0.05, 0.1) is 9.47 Å². The molecule has 0 aliphatic rings. The Morgan fingerprint density at radius 2 is 2.06 bits per heavy atom. The Morgan fingerprint density at radius 1 is 1.25 bits per heavy atom. The summed E-state index contributed by atoms with van der Waals surface area (Å²) in [5.41, 5.74) is 1.37. The lowest BCUT2D eigenvalue weighted by Gasteiger charge is -2.05. The Labute approximate surface area is 104 Å². The molecule has 0 amide bonds. The maximum Gasteiger partial charge on any atom is 0.149 e. The number of halogens is 3. The average Bonchev–Trinajstić information content (AvgIpc) is 2.63. The van der Waals surface area contributed by atoms with Crippen molar-refractivity contribution in [2.45, 2.75) is 6.54 Å². The molecule has 5 heteroatoms. The second kappa shape index (κ2) is 4.93. The molecule has 84 valence electrons. The van der Waals surface area contributed by atoms with Gasteiger partial charge in [-0.1, -0.05) is 0 Å². The van der Waals surface area contributed by atoms with Crippen molar-refractivity contribution in [3.63, 3.8) is 0 Å². The lowest BCUT2D eigenvalue weighted by Crippen LogP contribution is -2.00. The summed E-state index contributed by atoms with van der Waals surface area (Å²) in [6.45, 7) is 0.519. The van der Waals surface area contributed by atoms with Crippen LogP contribution in [0.3, 0.4) is 0 Å². The maximum absolute atomic E-state index is 13.2. The lowest BCUT2D eigenvalue weighted by molar-refractivity contribution is 0.585. The van der Waals surface area contributed by atoms with Crippen LogP contribution < -0.4 is 5.32 Å². The summed E-state index contributed by atoms with van der Waals surface area (Å²) >= 11 is 4.92. The second-order valence-electron chi connectivity index (χ2n) is 3.24. The van der Waals surface area contributed by atoms with Crippen molar-refractivity contribution in [1.82, 2.24) is 0 Å². The molecule has 1 aromatic carbocycles. The molecule has 0 fully saturated rings. The molecule has 0 radical (unpaired) electrons. The third-order valence-electron chi connectivity index (χ3n) is 2.04. The van der Waals surface area contributed by atoms with Crippen LogP contribution in [0.5, 0.6) is 0 Å². The Morgan fingerprint density at radius 3 is 2.69 bits per heavy atom. The highest BCUT2D eigenvalue weighted by Gasteiger charge is 2.03. The lowest BCUT2D eigenvalue weighted by atomic mass is 10.2. The van der Waals surface area contributed by atoms with E-state index in [1.54, 1.807) is 11.3 Å². The largest absolute Gasteiger partial charge is 0.379 e. The number of thiophene rings is 1. The van der Waals surface area contributed by atoms with E-state index in [1.165, 1.54) is 12.1 Å². The number of nitrogens with one attached hydrogen (secondary N) is 1. The van der Waals surface area contributed by atoms with E-state index in [-0.39, 0.29) is 0 Å². The fourth-order valence-corrected chi connectivity index (χ4v) is 2.48. The molecule has 0 saturated carbocycles. The van der Waals surface area contributed by atoms with E-state index < -0.39 is 11.6 Å². The normalized spacial score (nSPS) is 10.4. The highest BCUT2D eigenvalue weighted by atomic mass is 79.9. The second-order valence-corrected chi connectivity index (χ2v) is 5.53. The van der Waals surface area contributed by atoms with Gasteiger partial charge in [0, 0.05) is 12.6 Å². The fourth-order valence-electron chi connectivity index (χ4n) is 1.27. The van der Waals surface area contributed by atoms with Gasteiger partial charge >= 0.3 is 0 Å². The SMILES string of the molecule is Fc1ccc(NCc2csc(Br)c2)c(F)c1. The van der Waals surface area contributed by atoms with Crippen molar-refractivity contribution in [3.8, 4) is 0 Å². The summed E-state index contributed by atoms with van der Waals surface area (Å²) in [7, 11) is 0. The molecule has 2 rings (SSSR count). The molecule has 1 N–H and O–H groups in total. The van der Waals surface area contributed by atoms with Gasteiger partial charge in [-0.15, -0.1) is 11.3 Å². The van der Waals surface area contributed by atoms with Crippen LogP contribution in [0.2, 0.25) is 0 Å². The van der Waals surface area contributed by atoms with Gasteiger partial charge in [-0.05, 0) is 45.1 Å². The minimum Gasteiger partial charge on any atom is -0.379 e. The summed E-state index contributed by atoms with van der Waals surface area (Å²) in [6.07, 6.45) is 0. The van der Waals surface area contributed by atoms with E-state index in [0.717, 1.165) is 15.4 Å². The first-order valence-electron chi connectivity index (χ1n) is 4.57. The molecule has 0 spiro atoms. The van der Waals surface area contributed by atoms with E-state index >= 15 is 0 Å². The Hall–Kier alpha value is -0.940. The minimum absolute atomic E-state index is 0.309. The smallest absolute Gasteiger partial charge is 0.149 e. The summed E-state index contributed by atoms with van der Waals surface area (Å²) in [5, 5.41) is 4.88. The number of anilines is 1. The first-order chi connectivity index (χ1) is 7.65. The maximum atomic E-state index is 13.2. The van der Waals surface area contributed by atoms with Crippen LogP contribution in [0, 0.1) is 11.6 Å². The molecule has 2 aromatic rings. The number of hydrogen-bond acceptors (Lipinski definition) is 2. The summed E-state index contributed by atoms with van der Waals surface area (Å²) in [6, 6.07) is 5.45. The van der Waals surface area contributed by atoms with Crippen molar-refractivity contribution in [2.75, 3.05) is 5.32 Å². The van der Waals surface area contributed by atoms with Gasteiger partial charge in [0.1, 0.15) is 11.6 Å². The van der Waals surface area contributed by atoms with Crippen molar-refractivity contribution in [2.24, 2.45) is 0 Å². The van der Waals surface area contributed by atoms with Crippen molar-refractivity contribution in [3.05, 3.63) is 50.6 Å². The van der Waals surface area contributed by atoms with Crippen LogP contribution in [0.4, 0.5) is 14.5 Å². The van der Waals surface area contributed by atoms with Crippen LogP contribution >= 0.6 is 27.3 Å². The van der Waals surface area contributed by atoms with Gasteiger partial charge in [-0.2, -0.15) is 0 Å². The fraction of sp³-hybridized carbons (Fsp3) is 0.0909. The van der Waals surface area contributed by atoms with Gasteiger partial charge in [0.2, 0.25) is 0 Å². The molecule has 0 atom stereocenters. The zero-order valence-electron chi connectivity index (χ0n) is 8.14. The molecule has 0 unspecified atom stereocenters. The minimum atomic E-state index is -0.575. The standard InChI is InChI=1S/C11H8BrF2NS/c12-11-3-7(6-16-11)5-15-10-2-1-8(13)4-9(10)14/h1-4,6,15H,5H2. The summed E-state index contributed by atoms with van der Waals surface area (Å²) in [4.78, 5) is 0. The van der Waals surface area contributed by atoms with E-state index in [9.17, 15) is 8.78 Å². The molecule has 0 bridgehead atoms. The topological polar surface area (TPSA) is 12.0 Å². The number of hydrogen-bond donors (Lipinski definition) is 1. The van der Waals surface area contributed by atoms with Crippen LogP contribution in [-0.4, -0.2) is 0 Å². The van der Waals surface area contributed by atoms with Crippen LogP contribution in [0.1, 0.15) is 5.56 Å². The van der Waals surface area contributed by atoms with Crippen molar-refractivity contribution < 1.29 is 8.78 Å². The van der Waals surface area contributed by atoms with Crippen LogP contribution in [-0.2, 0) is 6.54 Å². The van der Waals surface area contributed by atoms with E-state index in [4.69, 9.17) is 0 Å². The molecule has 1 aromatic heterocycles. The molecular weight excluding hydrogens is 296 g/mol. The summed E-state index contributed by atoms with van der Waals surface area (Å²) < 4.78 is 26.9. The van der Waals surface area contributed by atoms with Gasteiger partial charge < -0.3 is 5.32 Å². The predicted molar refractivity (Wildman–Crippen MR) is 65.7 cm³/mol. The number of benzene rings is 1. The van der Waals surface area contributed by atoms with Crippen molar-refractivity contribution >= 4 is 33.0 Å². The Bertz CT molecular complexity index is 498. The molecule has 1 heterocycles. The molecule has 16 heavy (non-hydrogen) atoms. The first-order valence-corrected chi connectivity index (χ1v) is 6.24. The summed E-state index contributed by atoms with van der Waals surface area (Å²) in [5.74, 6) is -1.14. The average molecular weight is 304 g/mol. The van der Waals surface area contributed by atoms with Crippen molar-refractivity contribution in [1.29, 1.82) is 0 Å². The van der Waals surface area contributed by atoms with Gasteiger partial charge in [0.25, 0.3) is 0 Å². The molecule has 0 aliphatic carbocycles. The van der Waals surface area contributed by atoms with Gasteiger partial charge in [0.15, 0.2) is 0 Å². The molecule has 0 aliphatic heterocycles. The Balaban J connectivity index is 2.04.